The van der Waals surface area contributed by atoms with Crippen LogP contribution in [-0.4, -0.2) is 33.7 Å². The Balaban J connectivity index is 1.40. The summed E-state index contributed by atoms with van der Waals surface area (Å²) in [6, 6.07) is 11.7. The highest BCUT2D eigenvalue weighted by Gasteiger charge is 2.06. The lowest BCUT2D eigenvalue weighted by atomic mass is 10.1. The molecule has 0 radical (unpaired) electrons. The summed E-state index contributed by atoms with van der Waals surface area (Å²) in [4.78, 5) is 11.9. The van der Waals surface area contributed by atoms with Gasteiger partial charge in [-0.25, -0.2) is 0 Å². The van der Waals surface area contributed by atoms with Gasteiger partial charge in [0.05, 0.1) is 0 Å². The predicted octanol–water partition coefficient (Wildman–Crippen LogP) is 2.47. The Hall–Kier alpha value is -2.89. The number of aryl methyl sites for hydroxylation is 3. The molecule has 2 heterocycles. The molecule has 1 aromatic carbocycles. The molecular weight excluding hydrogens is 316 g/mol. The number of benzene rings is 1. The summed E-state index contributed by atoms with van der Waals surface area (Å²) < 4.78 is 7.51. The fraction of sp³-hybridized carbons (Fsp3) is 0.316. The van der Waals surface area contributed by atoms with Crippen molar-refractivity contribution in [3.63, 3.8) is 0 Å². The highest BCUT2D eigenvalue weighted by Crippen LogP contribution is 2.15. The average Bonchev–Trinajstić information content (AvgIpc) is 2.99. The van der Waals surface area contributed by atoms with E-state index in [4.69, 9.17) is 4.74 Å². The first-order chi connectivity index (χ1) is 12.1. The van der Waals surface area contributed by atoms with Gasteiger partial charge < -0.3 is 10.1 Å². The van der Waals surface area contributed by atoms with Crippen molar-refractivity contribution in [2.45, 2.75) is 26.7 Å². The molecule has 0 bridgehead atoms. The number of pyridine rings is 1. The number of rotatable bonds is 7. The van der Waals surface area contributed by atoms with Crippen LogP contribution in [0.2, 0.25) is 0 Å². The second kappa shape index (κ2) is 7.79. The SMILES string of the molecule is Cc1cc(C)cc(OCC(=O)NCCCc2nnc3ccccn23)c1. The quantitative estimate of drug-likeness (QED) is 0.672. The molecule has 0 atom stereocenters. The molecule has 0 aliphatic rings. The van der Waals surface area contributed by atoms with Crippen molar-refractivity contribution in [1.29, 1.82) is 0 Å². The molecule has 0 saturated carbocycles. The van der Waals surface area contributed by atoms with Crippen LogP contribution in [-0.2, 0) is 11.2 Å². The van der Waals surface area contributed by atoms with Gasteiger partial charge in [0, 0.05) is 19.2 Å². The molecule has 3 aromatic rings. The first-order valence-electron chi connectivity index (χ1n) is 8.38. The van der Waals surface area contributed by atoms with Crippen LogP contribution >= 0.6 is 0 Å². The number of hydrogen-bond donors (Lipinski definition) is 1. The fourth-order valence-corrected chi connectivity index (χ4v) is 2.75. The van der Waals surface area contributed by atoms with Gasteiger partial charge in [0.2, 0.25) is 0 Å². The van der Waals surface area contributed by atoms with Gasteiger partial charge in [-0.2, -0.15) is 0 Å². The molecule has 1 N–H and O–H groups in total. The lowest BCUT2D eigenvalue weighted by Gasteiger charge is -2.09. The number of carbonyl (C=O) groups excluding carboxylic acids is 1. The van der Waals surface area contributed by atoms with E-state index in [1.807, 2.05) is 54.8 Å². The molecule has 0 aliphatic heterocycles. The third-order valence-corrected chi connectivity index (χ3v) is 3.85. The third kappa shape index (κ3) is 4.56. The summed E-state index contributed by atoms with van der Waals surface area (Å²) in [6.07, 6.45) is 3.50. The molecule has 0 unspecified atom stereocenters. The van der Waals surface area contributed by atoms with E-state index in [9.17, 15) is 4.79 Å². The third-order valence-electron chi connectivity index (χ3n) is 3.85. The largest absolute Gasteiger partial charge is 0.484 e. The number of ether oxygens (including phenoxy) is 1. The molecule has 0 saturated heterocycles. The number of amides is 1. The zero-order chi connectivity index (χ0) is 17.6. The maximum atomic E-state index is 11.9. The number of hydrogen-bond acceptors (Lipinski definition) is 4. The highest BCUT2D eigenvalue weighted by molar-refractivity contribution is 5.77. The molecule has 0 aliphatic carbocycles. The highest BCUT2D eigenvalue weighted by atomic mass is 16.5. The van der Waals surface area contributed by atoms with E-state index in [0.29, 0.717) is 6.54 Å². The van der Waals surface area contributed by atoms with Crippen LogP contribution in [0.1, 0.15) is 23.4 Å². The topological polar surface area (TPSA) is 68.5 Å². The van der Waals surface area contributed by atoms with E-state index >= 15 is 0 Å². The summed E-state index contributed by atoms with van der Waals surface area (Å²) >= 11 is 0. The number of nitrogens with zero attached hydrogens (tertiary/aromatic N) is 3. The van der Waals surface area contributed by atoms with Crippen molar-refractivity contribution in [2.75, 3.05) is 13.2 Å². The van der Waals surface area contributed by atoms with Gasteiger partial charge >= 0.3 is 0 Å². The van der Waals surface area contributed by atoms with Gasteiger partial charge in [0.1, 0.15) is 11.6 Å². The molecular formula is C19H22N4O2. The van der Waals surface area contributed by atoms with Crippen LogP contribution in [0, 0.1) is 13.8 Å². The van der Waals surface area contributed by atoms with Crippen LogP contribution in [0.25, 0.3) is 5.65 Å². The van der Waals surface area contributed by atoms with E-state index in [-0.39, 0.29) is 12.5 Å². The number of nitrogens with one attached hydrogen (secondary N) is 1. The maximum absolute atomic E-state index is 11.9. The minimum atomic E-state index is -0.120. The van der Waals surface area contributed by atoms with Crippen molar-refractivity contribution in [3.05, 3.63) is 59.5 Å². The summed E-state index contributed by atoms with van der Waals surface area (Å²) in [5, 5.41) is 11.2. The Kier molecular flexibility index (Phi) is 5.28. The summed E-state index contributed by atoms with van der Waals surface area (Å²) in [5.41, 5.74) is 3.08. The first kappa shape index (κ1) is 17.0. The molecule has 0 fully saturated rings. The molecule has 6 heteroatoms. The van der Waals surface area contributed by atoms with Crippen LogP contribution in [0.15, 0.2) is 42.6 Å². The van der Waals surface area contributed by atoms with Gasteiger partial charge in [0.15, 0.2) is 12.3 Å². The molecule has 1 amide bonds. The van der Waals surface area contributed by atoms with Crippen molar-refractivity contribution in [3.8, 4) is 5.75 Å². The molecule has 25 heavy (non-hydrogen) atoms. The first-order valence-corrected chi connectivity index (χ1v) is 8.38. The second-order valence-electron chi connectivity index (χ2n) is 6.11. The smallest absolute Gasteiger partial charge is 0.257 e. The van der Waals surface area contributed by atoms with Crippen LogP contribution in [0.4, 0.5) is 0 Å². The van der Waals surface area contributed by atoms with Gasteiger partial charge in [-0.05, 0) is 55.7 Å². The van der Waals surface area contributed by atoms with Crippen molar-refractivity contribution in [2.24, 2.45) is 0 Å². The summed E-state index contributed by atoms with van der Waals surface area (Å²) in [6.45, 7) is 4.62. The Labute approximate surface area is 146 Å². The van der Waals surface area contributed by atoms with E-state index < -0.39 is 0 Å². The van der Waals surface area contributed by atoms with Gasteiger partial charge in [-0.3, -0.25) is 9.20 Å². The minimum absolute atomic E-state index is 0.0246. The summed E-state index contributed by atoms with van der Waals surface area (Å²) in [5.74, 6) is 1.50. The fourth-order valence-electron chi connectivity index (χ4n) is 2.75. The normalized spacial score (nSPS) is 10.8. The number of carbonyl (C=O) groups is 1. The van der Waals surface area contributed by atoms with Crippen LogP contribution < -0.4 is 10.1 Å². The predicted molar refractivity (Wildman–Crippen MR) is 95.7 cm³/mol. The maximum Gasteiger partial charge on any atom is 0.257 e. The Morgan fingerprint density at radius 2 is 1.96 bits per heavy atom. The van der Waals surface area contributed by atoms with Gasteiger partial charge in [-0.1, -0.05) is 12.1 Å². The van der Waals surface area contributed by atoms with Crippen molar-refractivity contribution >= 4 is 11.6 Å². The molecule has 6 nitrogen and oxygen atoms in total. The number of aromatic nitrogens is 3. The summed E-state index contributed by atoms with van der Waals surface area (Å²) in [7, 11) is 0. The van der Waals surface area contributed by atoms with Gasteiger partial charge in [0.25, 0.3) is 5.91 Å². The minimum Gasteiger partial charge on any atom is -0.484 e. The zero-order valence-electron chi connectivity index (χ0n) is 14.5. The average molecular weight is 338 g/mol. The van der Waals surface area contributed by atoms with E-state index in [1.54, 1.807) is 0 Å². The monoisotopic (exact) mass is 338 g/mol. The second-order valence-corrected chi connectivity index (χ2v) is 6.11. The molecule has 2 aromatic heterocycles. The lowest BCUT2D eigenvalue weighted by molar-refractivity contribution is -0.123. The zero-order valence-corrected chi connectivity index (χ0v) is 14.5. The van der Waals surface area contributed by atoms with Crippen LogP contribution in [0.5, 0.6) is 5.75 Å². The number of fused-ring (bicyclic) bond motifs is 1. The van der Waals surface area contributed by atoms with Gasteiger partial charge in [-0.15, -0.1) is 10.2 Å². The molecule has 0 spiro atoms. The van der Waals surface area contributed by atoms with Crippen molar-refractivity contribution in [1.82, 2.24) is 19.9 Å². The van der Waals surface area contributed by atoms with E-state index in [0.717, 1.165) is 41.2 Å². The molecule has 3 rings (SSSR count). The van der Waals surface area contributed by atoms with Crippen molar-refractivity contribution < 1.29 is 9.53 Å². The van der Waals surface area contributed by atoms with E-state index in [2.05, 4.69) is 21.6 Å². The Morgan fingerprint density at radius 3 is 2.76 bits per heavy atom. The Morgan fingerprint density at radius 1 is 1.16 bits per heavy atom. The molecule has 130 valence electrons. The van der Waals surface area contributed by atoms with Crippen LogP contribution in [0.3, 0.4) is 0 Å². The van der Waals surface area contributed by atoms with E-state index in [1.165, 1.54) is 0 Å². The standard InChI is InChI=1S/C19H22N4O2/c1-14-10-15(2)12-16(11-14)25-13-19(24)20-8-5-7-18-22-21-17-6-3-4-9-23(17)18/h3-4,6,9-12H,5,7-8,13H2,1-2H3,(H,20,24). The lowest BCUT2D eigenvalue weighted by Crippen LogP contribution is -2.30. The Bertz CT molecular complexity index is 852.